The maximum absolute atomic E-state index is 12.3. The third-order valence-electron chi connectivity index (χ3n) is 4.09. The highest BCUT2D eigenvalue weighted by Gasteiger charge is 2.19. The number of carbonyl (C=O) groups is 1. The molecule has 0 unspecified atom stereocenters. The molecular weight excluding hydrogens is 360 g/mol. The third kappa shape index (κ3) is 4.54. The van der Waals surface area contributed by atoms with Crippen molar-refractivity contribution in [3.05, 3.63) is 59.2 Å². The molecule has 3 aromatic rings. The van der Waals surface area contributed by atoms with Gasteiger partial charge in [-0.05, 0) is 68.3 Å². The van der Waals surface area contributed by atoms with Crippen molar-refractivity contribution >= 4 is 23.4 Å². The summed E-state index contributed by atoms with van der Waals surface area (Å²) in [6, 6.07) is 14.7. The molecule has 7 heteroatoms. The SMILES string of the molecule is Cc1ccc(-c2nnc(S[C@@H](C)C(=O)Nc3ccc(C#N)cc3)o2)cc1C. The lowest BCUT2D eigenvalue weighted by Gasteiger charge is -2.09. The van der Waals surface area contributed by atoms with Crippen LogP contribution in [-0.4, -0.2) is 21.4 Å². The lowest BCUT2D eigenvalue weighted by Crippen LogP contribution is -2.22. The van der Waals surface area contributed by atoms with E-state index in [1.165, 1.54) is 17.3 Å². The normalized spacial score (nSPS) is 11.6. The lowest BCUT2D eigenvalue weighted by atomic mass is 10.1. The van der Waals surface area contributed by atoms with Crippen LogP contribution in [0, 0.1) is 25.2 Å². The molecule has 0 spiro atoms. The molecule has 0 aliphatic carbocycles. The Morgan fingerprint density at radius 3 is 2.56 bits per heavy atom. The number of rotatable bonds is 5. The van der Waals surface area contributed by atoms with Crippen molar-refractivity contribution in [3.63, 3.8) is 0 Å². The predicted octanol–water partition coefficient (Wildman–Crippen LogP) is 4.34. The second-order valence-electron chi connectivity index (χ2n) is 6.11. The Labute approximate surface area is 161 Å². The van der Waals surface area contributed by atoms with Crippen molar-refractivity contribution in [2.24, 2.45) is 0 Å². The third-order valence-corrected chi connectivity index (χ3v) is 5.02. The number of nitrogens with zero attached hydrogens (tertiary/aromatic N) is 3. The number of aromatic nitrogens is 2. The van der Waals surface area contributed by atoms with Crippen LogP contribution in [0.1, 0.15) is 23.6 Å². The lowest BCUT2D eigenvalue weighted by molar-refractivity contribution is -0.115. The smallest absolute Gasteiger partial charge is 0.277 e. The van der Waals surface area contributed by atoms with Crippen molar-refractivity contribution in [2.45, 2.75) is 31.2 Å². The Morgan fingerprint density at radius 2 is 1.89 bits per heavy atom. The number of carbonyl (C=O) groups excluding carboxylic acids is 1. The van der Waals surface area contributed by atoms with Gasteiger partial charge in [0.25, 0.3) is 5.22 Å². The Bertz CT molecular complexity index is 1010. The zero-order valence-electron chi connectivity index (χ0n) is 15.2. The van der Waals surface area contributed by atoms with E-state index in [2.05, 4.69) is 15.5 Å². The summed E-state index contributed by atoms with van der Waals surface area (Å²) in [6.45, 7) is 5.84. The predicted molar refractivity (Wildman–Crippen MR) is 104 cm³/mol. The van der Waals surface area contributed by atoms with E-state index < -0.39 is 5.25 Å². The van der Waals surface area contributed by atoms with Crippen molar-refractivity contribution in [1.82, 2.24) is 10.2 Å². The van der Waals surface area contributed by atoms with Crippen LogP contribution in [-0.2, 0) is 4.79 Å². The Morgan fingerprint density at radius 1 is 1.15 bits per heavy atom. The zero-order valence-corrected chi connectivity index (χ0v) is 16.0. The molecule has 1 N–H and O–H groups in total. The number of thioether (sulfide) groups is 1. The van der Waals surface area contributed by atoms with Crippen LogP contribution in [0.4, 0.5) is 5.69 Å². The van der Waals surface area contributed by atoms with Gasteiger partial charge in [0.2, 0.25) is 11.8 Å². The van der Waals surface area contributed by atoms with E-state index in [9.17, 15) is 4.79 Å². The van der Waals surface area contributed by atoms with Gasteiger partial charge in [-0.1, -0.05) is 17.8 Å². The van der Waals surface area contributed by atoms with Crippen LogP contribution >= 0.6 is 11.8 Å². The minimum Gasteiger partial charge on any atom is -0.411 e. The molecule has 1 amide bonds. The minimum absolute atomic E-state index is 0.185. The number of aryl methyl sites for hydroxylation is 2. The number of amides is 1. The molecule has 0 radical (unpaired) electrons. The van der Waals surface area contributed by atoms with E-state index in [1.807, 2.05) is 38.1 Å². The van der Waals surface area contributed by atoms with Gasteiger partial charge in [0.1, 0.15) is 0 Å². The van der Waals surface area contributed by atoms with Gasteiger partial charge >= 0.3 is 0 Å². The molecule has 3 rings (SSSR count). The average molecular weight is 378 g/mol. The highest BCUT2D eigenvalue weighted by atomic mass is 32.2. The Hall–Kier alpha value is -3.11. The van der Waals surface area contributed by atoms with E-state index in [-0.39, 0.29) is 5.91 Å². The van der Waals surface area contributed by atoms with Gasteiger partial charge in [0, 0.05) is 11.3 Å². The van der Waals surface area contributed by atoms with Crippen molar-refractivity contribution in [1.29, 1.82) is 5.26 Å². The number of benzene rings is 2. The fourth-order valence-electron chi connectivity index (χ4n) is 2.33. The summed E-state index contributed by atoms with van der Waals surface area (Å²) in [5.41, 5.74) is 4.37. The molecule has 2 aromatic carbocycles. The van der Waals surface area contributed by atoms with Gasteiger partial charge in [-0.2, -0.15) is 5.26 Å². The van der Waals surface area contributed by atoms with Crippen LogP contribution in [0.3, 0.4) is 0 Å². The van der Waals surface area contributed by atoms with Gasteiger partial charge in [-0.3, -0.25) is 4.79 Å². The first-order valence-electron chi connectivity index (χ1n) is 8.35. The number of hydrogen-bond donors (Lipinski definition) is 1. The molecule has 0 aliphatic heterocycles. The molecule has 0 aliphatic rings. The topological polar surface area (TPSA) is 91.8 Å². The first-order valence-corrected chi connectivity index (χ1v) is 9.23. The summed E-state index contributed by atoms with van der Waals surface area (Å²) in [6.07, 6.45) is 0. The largest absolute Gasteiger partial charge is 0.411 e. The Kier molecular flexibility index (Phi) is 5.57. The molecule has 6 nitrogen and oxygen atoms in total. The molecule has 0 saturated carbocycles. The van der Waals surface area contributed by atoms with Crippen LogP contribution < -0.4 is 5.32 Å². The first-order chi connectivity index (χ1) is 13.0. The molecule has 0 bridgehead atoms. The highest BCUT2D eigenvalue weighted by molar-refractivity contribution is 8.00. The molecule has 1 atom stereocenters. The second kappa shape index (κ2) is 8.06. The van der Waals surface area contributed by atoms with E-state index >= 15 is 0 Å². The number of nitriles is 1. The molecule has 1 aromatic heterocycles. The number of hydrogen-bond acceptors (Lipinski definition) is 6. The van der Waals surface area contributed by atoms with Crippen LogP contribution in [0.15, 0.2) is 52.1 Å². The van der Waals surface area contributed by atoms with Crippen molar-refractivity contribution in [2.75, 3.05) is 5.32 Å². The van der Waals surface area contributed by atoms with E-state index in [4.69, 9.17) is 9.68 Å². The highest BCUT2D eigenvalue weighted by Crippen LogP contribution is 2.27. The van der Waals surface area contributed by atoms with Crippen LogP contribution in [0.5, 0.6) is 0 Å². The summed E-state index contributed by atoms with van der Waals surface area (Å²) in [4.78, 5) is 12.3. The molecule has 1 heterocycles. The summed E-state index contributed by atoms with van der Waals surface area (Å²) >= 11 is 1.20. The maximum Gasteiger partial charge on any atom is 0.277 e. The zero-order chi connectivity index (χ0) is 19.4. The summed E-state index contributed by atoms with van der Waals surface area (Å²) in [7, 11) is 0. The molecule has 0 fully saturated rings. The quantitative estimate of drug-likeness (QED) is 0.664. The van der Waals surface area contributed by atoms with Crippen LogP contribution in [0.2, 0.25) is 0 Å². The number of anilines is 1. The summed E-state index contributed by atoms with van der Waals surface area (Å²) in [5.74, 6) is 0.246. The maximum atomic E-state index is 12.3. The molecule has 27 heavy (non-hydrogen) atoms. The summed E-state index contributed by atoms with van der Waals surface area (Å²) in [5, 5.41) is 19.6. The Balaban J connectivity index is 1.64. The fraction of sp³-hybridized carbons (Fsp3) is 0.200. The van der Waals surface area contributed by atoms with E-state index in [0.717, 1.165) is 11.1 Å². The first kappa shape index (κ1) is 18.7. The summed E-state index contributed by atoms with van der Waals surface area (Å²) < 4.78 is 5.69. The average Bonchev–Trinajstić information content (AvgIpc) is 3.13. The molecule has 0 saturated heterocycles. The van der Waals surface area contributed by atoms with Crippen LogP contribution in [0.25, 0.3) is 11.5 Å². The minimum atomic E-state index is -0.423. The standard InChI is InChI=1S/C20H18N4O2S/c1-12-4-7-16(10-13(12)2)19-23-24-20(26-19)27-14(3)18(25)22-17-8-5-15(11-21)6-9-17/h4-10,14H,1-3H3,(H,22,25)/t14-/m0/s1. The molecule has 136 valence electrons. The van der Waals surface area contributed by atoms with Crippen molar-refractivity contribution in [3.8, 4) is 17.5 Å². The van der Waals surface area contributed by atoms with Crippen molar-refractivity contribution < 1.29 is 9.21 Å². The van der Waals surface area contributed by atoms with E-state index in [0.29, 0.717) is 22.4 Å². The second-order valence-corrected chi connectivity index (χ2v) is 7.40. The van der Waals surface area contributed by atoms with Gasteiger partial charge in [0.15, 0.2) is 0 Å². The van der Waals surface area contributed by atoms with Gasteiger partial charge in [-0.15, -0.1) is 10.2 Å². The van der Waals surface area contributed by atoms with E-state index in [1.54, 1.807) is 31.2 Å². The van der Waals surface area contributed by atoms with Gasteiger partial charge in [-0.25, -0.2) is 0 Å². The molecular formula is C20H18N4O2S. The fourth-order valence-corrected chi connectivity index (χ4v) is 3.01. The monoisotopic (exact) mass is 378 g/mol. The van der Waals surface area contributed by atoms with Gasteiger partial charge < -0.3 is 9.73 Å². The van der Waals surface area contributed by atoms with Gasteiger partial charge in [0.05, 0.1) is 16.9 Å². The number of nitrogens with one attached hydrogen (secondary N) is 1.